The Labute approximate surface area is 166 Å². The molecular formula is C21H30NO5P. The minimum atomic E-state index is -4.00. The van der Waals surface area contributed by atoms with Crippen molar-refractivity contribution in [3.63, 3.8) is 0 Å². The molecule has 0 radical (unpaired) electrons. The average molecular weight is 407 g/mol. The molecule has 7 heteroatoms. The molecule has 0 aliphatic heterocycles. The molecule has 0 saturated carbocycles. The van der Waals surface area contributed by atoms with Crippen LogP contribution in [0.15, 0.2) is 54.6 Å². The Morgan fingerprint density at radius 2 is 1.64 bits per heavy atom. The largest absolute Gasteiger partial charge is 0.480 e. The lowest BCUT2D eigenvalue weighted by atomic mass is 10.0. The molecule has 1 atom stereocenters. The van der Waals surface area contributed by atoms with Gasteiger partial charge in [-0.2, -0.15) is 0 Å². The number of carboxylic acid groups (broad SMARTS) is 1. The van der Waals surface area contributed by atoms with E-state index < -0.39 is 19.6 Å². The molecule has 0 heterocycles. The maximum atomic E-state index is 10.9. The van der Waals surface area contributed by atoms with Gasteiger partial charge in [-0.3, -0.25) is 9.36 Å². The lowest BCUT2D eigenvalue weighted by Gasteiger charge is -2.06. The molecule has 2 rings (SSSR count). The van der Waals surface area contributed by atoms with E-state index in [1.807, 2.05) is 48.5 Å². The topological polar surface area (TPSA) is 121 Å². The van der Waals surface area contributed by atoms with Gasteiger partial charge in [0.1, 0.15) is 6.04 Å². The Kier molecular flexibility index (Phi) is 10.7. The van der Waals surface area contributed by atoms with Crippen LogP contribution in [-0.4, -0.2) is 26.9 Å². The highest BCUT2D eigenvalue weighted by molar-refractivity contribution is 7.50. The second kappa shape index (κ2) is 12.5. The molecule has 0 aliphatic carbocycles. The number of rotatable bonds is 9. The van der Waals surface area contributed by atoms with Crippen molar-refractivity contribution in [3.05, 3.63) is 60.2 Å². The smallest absolute Gasteiger partial charge is 0.329 e. The molecule has 0 amide bonds. The predicted molar refractivity (Wildman–Crippen MR) is 112 cm³/mol. The summed E-state index contributed by atoms with van der Waals surface area (Å²) in [7, 11) is -4.00. The van der Waals surface area contributed by atoms with Crippen LogP contribution in [0, 0.1) is 0 Å². The quantitative estimate of drug-likeness (QED) is 0.361. The van der Waals surface area contributed by atoms with Crippen LogP contribution < -0.4 is 5.73 Å². The van der Waals surface area contributed by atoms with Crippen molar-refractivity contribution in [1.82, 2.24) is 0 Å². The van der Waals surface area contributed by atoms with Crippen molar-refractivity contribution < 1.29 is 24.3 Å². The maximum absolute atomic E-state index is 10.9. The van der Waals surface area contributed by atoms with Gasteiger partial charge in [0.05, 0.1) is 6.16 Å². The number of benzene rings is 2. The molecule has 0 spiro atoms. The summed E-state index contributed by atoms with van der Waals surface area (Å²) in [5.41, 5.74) is 7.96. The van der Waals surface area contributed by atoms with E-state index in [4.69, 9.17) is 20.6 Å². The zero-order valence-electron chi connectivity index (χ0n) is 16.2. The van der Waals surface area contributed by atoms with E-state index in [0.29, 0.717) is 12.0 Å². The molecule has 0 aromatic heterocycles. The highest BCUT2D eigenvalue weighted by Gasteiger charge is 2.14. The minimum Gasteiger partial charge on any atom is -0.480 e. The van der Waals surface area contributed by atoms with E-state index in [1.165, 1.54) is 12.8 Å². The highest BCUT2D eigenvalue weighted by atomic mass is 31.2. The Hall–Kier alpha value is -1.98. The molecule has 1 unspecified atom stereocenters. The number of aliphatic carboxylic acids is 1. The average Bonchev–Trinajstić information content (AvgIpc) is 2.65. The van der Waals surface area contributed by atoms with Crippen LogP contribution in [0.5, 0.6) is 0 Å². The monoisotopic (exact) mass is 407 g/mol. The molecule has 0 aliphatic rings. The third kappa shape index (κ3) is 10.4. The zero-order valence-corrected chi connectivity index (χ0v) is 17.1. The molecule has 0 fully saturated rings. The van der Waals surface area contributed by atoms with Crippen molar-refractivity contribution in [2.75, 3.05) is 0 Å². The lowest BCUT2D eigenvalue weighted by Crippen LogP contribution is -2.29. The molecule has 0 bridgehead atoms. The van der Waals surface area contributed by atoms with E-state index in [9.17, 15) is 9.36 Å². The first-order valence-electron chi connectivity index (χ1n) is 9.40. The summed E-state index contributed by atoms with van der Waals surface area (Å²) in [4.78, 5) is 28.1. The summed E-state index contributed by atoms with van der Waals surface area (Å²) in [6.45, 7) is 2.12. The fraction of sp³-hybridized carbons (Fsp3) is 0.381. The van der Waals surface area contributed by atoms with Crippen LogP contribution in [-0.2, 0) is 15.5 Å². The number of hydrogen-bond acceptors (Lipinski definition) is 3. The molecule has 5 N–H and O–H groups in total. The van der Waals surface area contributed by atoms with Crippen LogP contribution in [0.3, 0.4) is 0 Å². The maximum Gasteiger partial charge on any atom is 0.329 e. The molecule has 2 aromatic carbocycles. The van der Waals surface area contributed by atoms with Gasteiger partial charge in [-0.15, -0.1) is 0 Å². The van der Waals surface area contributed by atoms with Crippen LogP contribution in [0.2, 0.25) is 0 Å². The summed E-state index contributed by atoms with van der Waals surface area (Å²) in [6, 6.07) is 16.4. The fourth-order valence-corrected chi connectivity index (χ4v) is 3.30. The van der Waals surface area contributed by atoms with Gasteiger partial charge >= 0.3 is 13.6 Å². The van der Waals surface area contributed by atoms with E-state index in [0.717, 1.165) is 24.0 Å². The highest BCUT2D eigenvalue weighted by Crippen LogP contribution is 2.39. The van der Waals surface area contributed by atoms with Gasteiger partial charge in [0, 0.05) is 0 Å². The number of hydrogen-bond donors (Lipinski definition) is 4. The van der Waals surface area contributed by atoms with Gasteiger partial charge in [0.15, 0.2) is 0 Å². The van der Waals surface area contributed by atoms with Gasteiger partial charge in [0.2, 0.25) is 0 Å². The van der Waals surface area contributed by atoms with Gasteiger partial charge < -0.3 is 20.6 Å². The Bertz CT molecular complexity index is 760. The Morgan fingerprint density at radius 3 is 2.21 bits per heavy atom. The Balaban J connectivity index is 0.000000311. The van der Waals surface area contributed by atoms with Gasteiger partial charge in [-0.25, -0.2) is 0 Å². The lowest BCUT2D eigenvalue weighted by molar-refractivity contribution is -0.138. The standard InChI is InChI=1S/C13H13O3P.C8H17NO2/c14-17(15,16)10-11-5-4-8-13(9-11)12-6-2-1-3-7-12;1-2-3-4-5-6-7(9)8(10)11/h1-9H,10H2,(H2,14,15,16);7H,2-6,9H2,1H3,(H,10,11). The molecule has 28 heavy (non-hydrogen) atoms. The van der Waals surface area contributed by atoms with Crippen molar-refractivity contribution in [1.29, 1.82) is 0 Å². The Morgan fingerprint density at radius 1 is 1.00 bits per heavy atom. The van der Waals surface area contributed by atoms with Crippen LogP contribution >= 0.6 is 7.60 Å². The minimum absolute atomic E-state index is 0.215. The van der Waals surface area contributed by atoms with Gasteiger partial charge in [0.25, 0.3) is 0 Å². The summed E-state index contributed by atoms with van der Waals surface area (Å²) in [5, 5.41) is 8.41. The van der Waals surface area contributed by atoms with Gasteiger partial charge in [-0.05, 0) is 23.1 Å². The third-order valence-corrected chi connectivity index (χ3v) is 4.89. The van der Waals surface area contributed by atoms with Crippen LogP contribution in [0.1, 0.15) is 44.6 Å². The van der Waals surface area contributed by atoms with E-state index in [1.54, 1.807) is 6.07 Å². The van der Waals surface area contributed by atoms with E-state index in [-0.39, 0.29) is 6.16 Å². The third-order valence-electron chi connectivity index (χ3n) is 4.11. The molecule has 154 valence electrons. The van der Waals surface area contributed by atoms with Crippen molar-refractivity contribution in [2.24, 2.45) is 5.73 Å². The van der Waals surface area contributed by atoms with Gasteiger partial charge in [-0.1, -0.05) is 87.2 Å². The number of carbonyl (C=O) groups is 1. The van der Waals surface area contributed by atoms with E-state index >= 15 is 0 Å². The summed E-state index contributed by atoms with van der Waals surface area (Å²) in [6.07, 6.45) is 4.76. The summed E-state index contributed by atoms with van der Waals surface area (Å²) in [5.74, 6) is -0.888. The second-order valence-corrected chi connectivity index (χ2v) is 8.33. The molecule has 2 aromatic rings. The molecule has 6 nitrogen and oxygen atoms in total. The summed E-state index contributed by atoms with van der Waals surface area (Å²) < 4.78 is 10.9. The number of nitrogens with two attached hydrogens (primary N) is 1. The first-order chi connectivity index (χ1) is 13.2. The number of unbranched alkanes of at least 4 members (excludes halogenated alkanes) is 3. The second-order valence-electron chi connectivity index (χ2n) is 6.68. The molecular weight excluding hydrogens is 377 g/mol. The number of carboxylic acids is 1. The predicted octanol–water partition coefficient (Wildman–Crippen LogP) is 4.40. The first kappa shape index (κ1) is 24.1. The first-order valence-corrected chi connectivity index (χ1v) is 11.2. The molecule has 0 saturated heterocycles. The summed E-state index contributed by atoms with van der Waals surface area (Å²) >= 11 is 0. The van der Waals surface area contributed by atoms with Crippen molar-refractivity contribution in [3.8, 4) is 11.1 Å². The normalized spacial score (nSPS) is 12.0. The van der Waals surface area contributed by atoms with Crippen molar-refractivity contribution >= 4 is 13.6 Å². The SMILES string of the molecule is CCCCCCC(N)C(=O)O.O=P(O)(O)Cc1cccc(-c2ccccc2)c1. The fourth-order valence-electron chi connectivity index (χ4n) is 2.63. The zero-order chi connectivity index (χ0) is 21.0. The van der Waals surface area contributed by atoms with Crippen LogP contribution in [0.4, 0.5) is 0 Å². The van der Waals surface area contributed by atoms with Crippen molar-refractivity contribution in [2.45, 2.75) is 51.2 Å². The van der Waals surface area contributed by atoms with E-state index in [2.05, 4.69) is 6.92 Å². The van der Waals surface area contributed by atoms with Crippen LogP contribution in [0.25, 0.3) is 11.1 Å².